The molecule has 3 aromatic rings. The highest BCUT2D eigenvalue weighted by molar-refractivity contribution is 9.10. The molecule has 112 valence electrons. The van der Waals surface area contributed by atoms with Crippen molar-refractivity contribution in [3.8, 4) is 6.08 Å². The van der Waals surface area contributed by atoms with E-state index in [1.54, 1.807) is 12.1 Å². The maximum absolute atomic E-state index is 12.8. The Morgan fingerprint density at radius 3 is 2.68 bits per heavy atom. The largest absolute Gasteiger partial charge is 0.444 e. The molecule has 6 heteroatoms. The van der Waals surface area contributed by atoms with E-state index in [0.29, 0.717) is 18.9 Å². The van der Waals surface area contributed by atoms with Crippen LogP contribution in [0.25, 0.3) is 0 Å². The Morgan fingerprint density at radius 1 is 1.09 bits per heavy atom. The molecule has 0 amide bonds. The Labute approximate surface area is 135 Å². The molecule has 0 unspecified atom stereocenters. The van der Waals surface area contributed by atoms with E-state index in [0.717, 1.165) is 15.6 Å². The van der Waals surface area contributed by atoms with Crippen LogP contribution in [0.4, 0.5) is 4.39 Å². The molecule has 1 heterocycles. The van der Waals surface area contributed by atoms with Gasteiger partial charge < -0.3 is 4.74 Å². The Bertz CT molecular complexity index is 759. The van der Waals surface area contributed by atoms with Crippen molar-refractivity contribution in [2.24, 2.45) is 0 Å². The lowest BCUT2D eigenvalue weighted by Crippen LogP contribution is -1.96. The molecular weight excluding hydrogens is 351 g/mol. The van der Waals surface area contributed by atoms with Crippen molar-refractivity contribution in [3.63, 3.8) is 0 Å². The van der Waals surface area contributed by atoms with Crippen LogP contribution >= 0.6 is 15.9 Å². The van der Waals surface area contributed by atoms with E-state index >= 15 is 0 Å². The standard InChI is InChI=1S/C16H12BrFN2O2/c17-13-3-1-2-12(8-13)10-21-16-19-15(20-22-16)9-11-4-6-14(18)7-5-11/h1-8H,9-10H2. The number of rotatable bonds is 5. The molecule has 0 aliphatic heterocycles. The Hall–Kier alpha value is -2.21. The number of ether oxygens (including phenoxy) is 1. The van der Waals surface area contributed by atoms with Gasteiger partial charge in [-0.3, -0.25) is 4.52 Å². The molecule has 0 saturated heterocycles. The number of hydrogen-bond acceptors (Lipinski definition) is 4. The average Bonchev–Trinajstić information content (AvgIpc) is 2.95. The van der Waals surface area contributed by atoms with E-state index in [1.165, 1.54) is 12.1 Å². The third-order valence-corrected chi connectivity index (χ3v) is 3.47. The summed E-state index contributed by atoms with van der Waals surface area (Å²) in [6, 6.07) is 13.9. The first-order valence-corrected chi connectivity index (χ1v) is 7.42. The van der Waals surface area contributed by atoms with Crippen LogP contribution in [0.3, 0.4) is 0 Å². The van der Waals surface area contributed by atoms with Gasteiger partial charge in [-0.1, -0.05) is 45.4 Å². The Kier molecular flexibility index (Phi) is 4.48. The zero-order valence-corrected chi connectivity index (χ0v) is 13.1. The van der Waals surface area contributed by atoms with Gasteiger partial charge >= 0.3 is 6.08 Å². The molecule has 0 bridgehead atoms. The Morgan fingerprint density at radius 2 is 1.91 bits per heavy atom. The van der Waals surface area contributed by atoms with Gasteiger partial charge in [-0.25, -0.2) is 4.39 Å². The highest BCUT2D eigenvalue weighted by Gasteiger charge is 2.08. The summed E-state index contributed by atoms with van der Waals surface area (Å²) in [6.07, 6.45) is 0.585. The van der Waals surface area contributed by atoms with E-state index in [-0.39, 0.29) is 11.9 Å². The van der Waals surface area contributed by atoms with E-state index in [4.69, 9.17) is 9.26 Å². The second kappa shape index (κ2) is 6.70. The molecule has 0 spiro atoms. The summed E-state index contributed by atoms with van der Waals surface area (Å²) in [5.41, 5.74) is 1.90. The van der Waals surface area contributed by atoms with Crippen molar-refractivity contribution in [1.29, 1.82) is 0 Å². The van der Waals surface area contributed by atoms with Crippen molar-refractivity contribution < 1.29 is 13.7 Å². The van der Waals surface area contributed by atoms with Gasteiger partial charge in [0.05, 0.1) is 0 Å². The number of benzene rings is 2. The minimum Gasteiger partial charge on any atom is -0.444 e. The van der Waals surface area contributed by atoms with Crippen LogP contribution in [0.5, 0.6) is 6.08 Å². The molecule has 0 N–H and O–H groups in total. The fraction of sp³-hybridized carbons (Fsp3) is 0.125. The molecule has 0 aliphatic rings. The molecule has 0 aliphatic carbocycles. The number of halogens is 2. The maximum Gasteiger partial charge on any atom is 0.417 e. The van der Waals surface area contributed by atoms with E-state index < -0.39 is 0 Å². The molecule has 0 radical (unpaired) electrons. The first-order chi connectivity index (χ1) is 10.7. The second-order valence-corrected chi connectivity index (χ2v) is 5.61. The van der Waals surface area contributed by atoms with Gasteiger partial charge in [0, 0.05) is 10.9 Å². The minimum absolute atomic E-state index is 0.122. The highest BCUT2D eigenvalue weighted by atomic mass is 79.9. The van der Waals surface area contributed by atoms with Crippen molar-refractivity contribution in [1.82, 2.24) is 10.1 Å². The van der Waals surface area contributed by atoms with E-state index in [1.807, 2.05) is 24.3 Å². The predicted octanol–water partition coefficient (Wildman–Crippen LogP) is 4.14. The third-order valence-electron chi connectivity index (χ3n) is 2.98. The molecule has 2 aromatic carbocycles. The molecule has 22 heavy (non-hydrogen) atoms. The van der Waals surface area contributed by atoms with Gasteiger partial charge in [0.15, 0.2) is 5.82 Å². The fourth-order valence-electron chi connectivity index (χ4n) is 1.93. The number of hydrogen-bond donors (Lipinski definition) is 0. The summed E-state index contributed by atoms with van der Waals surface area (Å²) in [4.78, 5) is 4.16. The smallest absolute Gasteiger partial charge is 0.417 e. The van der Waals surface area contributed by atoms with Crippen LogP contribution < -0.4 is 4.74 Å². The van der Waals surface area contributed by atoms with Crippen molar-refractivity contribution in [2.45, 2.75) is 13.0 Å². The van der Waals surface area contributed by atoms with Gasteiger partial charge in [-0.15, -0.1) is 0 Å². The van der Waals surface area contributed by atoms with Gasteiger partial charge in [-0.2, -0.15) is 4.98 Å². The number of aromatic nitrogens is 2. The zero-order chi connectivity index (χ0) is 15.4. The summed E-state index contributed by atoms with van der Waals surface area (Å²) < 4.78 is 24.3. The minimum atomic E-state index is -0.269. The van der Waals surface area contributed by atoms with Crippen LogP contribution in [0.15, 0.2) is 57.5 Å². The fourth-order valence-corrected chi connectivity index (χ4v) is 2.37. The molecule has 4 nitrogen and oxygen atoms in total. The van der Waals surface area contributed by atoms with Crippen molar-refractivity contribution in [2.75, 3.05) is 0 Å². The van der Waals surface area contributed by atoms with Gasteiger partial charge in [0.1, 0.15) is 12.4 Å². The Balaban J connectivity index is 1.60. The molecule has 0 fully saturated rings. The van der Waals surface area contributed by atoms with Gasteiger partial charge in [0.25, 0.3) is 0 Å². The van der Waals surface area contributed by atoms with Crippen LogP contribution in [0, 0.1) is 5.82 Å². The lowest BCUT2D eigenvalue weighted by atomic mass is 10.1. The molecule has 0 atom stereocenters. The van der Waals surface area contributed by atoms with Crippen LogP contribution in [0.2, 0.25) is 0 Å². The lowest BCUT2D eigenvalue weighted by molar-refractivity contribution is 0.195. The normalized spacial score (nSPS) is 10.6. The van der Waals surface area contributed by atoms with Crippen LogP contribution in [-0.2, 0) is 13.0 Å². The van der Waals surface area contributed by atoms with Crippen LogP contribution in [0.1, 0.15) is 17.0 Å². The monoisotopic (exact) mass is 362 g/mol. The summed E-state index contributed by atoms with van der Waals surface area (Å²) in [5.74, 6) is 0.228. The molecule has 1 aromatic heterocycles. The summed E-state index contributed by atoms with van der Waals surface area (Å²) in [7, 11) is 0. The second-order valence-electron chi connectivity index (χ2n) is 4.70. The topological polar surface area (TPSA) is 48.2 Å². The lowest BCUT2D eigenvalue weighted by Gasteiger charge is -2.01. The summed E-state index contributed by atoms with van der Waals surface area (Å²) in [6.45, 7) is 0.345. The predicted molar refractivity (Wildman–Crippen MR) is 82.0 cm³/mol. The van der Waals surface area contributed by atoms with Crippen molar-refractivity contribution >= 4 is 15.9 Å². The molecular formula is C16H12BrFN2O2. The van der Waals surface area contributed by atoms with E-state index in [9.17, 15) is 4.39 Å². The summed E-state index contributed by atoms with van der Waals surface area (Å²) in [5, 5.41) is 3.85. The first kappa shape index (κ1) is 14.7. The average molecular weight is 363 g/mol. The summed E-state index contributed by atoms with van der Waals surface area (Å²) >= 11 is 3.40. The van der Waals surface area contributed by atoms with Gasteiger partial charge in [-0.05, 0) is 35.4 Å². The third kappa shape index (κ3) is 3.92. The van der Waals surface area contributed by atoms with Crippen molar-refractivity contribution in [3.05, 3.63) is 75.8 Å². The highest BCUT2D eigenvalue weighted by Crippen LogP contribution is 2.15. The SMILES string of the molecule is Fc1ccc(Cc2noc(OCc3cccc(Br)c3)n2)cc1. The van der Waals surface area contributed by atoms with Gasteiger partial charge in [0.2, 0.25) is 0 Å². The molecule has 0 saturated carbocycles. The first-order valence-electron chi connectivity index (χ1n) is 6.63. The van der Waals surface area contributed by atoms with Crippen LogP contribution in [-0.4, -0.2) is 10.1 Å². The quantitative estimate of drug-likeness (QED) is 0.684. The van der Waals surface area contributed by atoms with E-state index in [2.05, 4.69) is 26.1 Å². The molecule has 3 rings (SSSR count). The maximum atomic E-state index is 12.8. The zero-order valence-electron chi connectivity index (χ0n) is 11.5. The number of nitrogens with zero attached hydrogens (tertiary/aromatic N) is 2.